The van der Waals surface area contributed by atoms with E-state index in [1.807, 2.05) is 11.3 Å². The zero-order chi connectivity index (χ0) is 12.5. The fourth-order valence-corrected chi connectivity index (χ4v) is 2.80. The fraction of sp³-hybridized carbons (Fsp3) is 0.733. The van der Waals surface area contributed by atoms with Gasteiger partial charge in [0.05, 0.1) is 0 Å². The van der Waals surface area contributed by atoms with E-state index in [4.69, 9.17) is 0 Å². The molecule has 0 aliphatic heterocycles. The summed E-state index contributed by atoms with van der Waals surface area (Å²) < 4.78 is 0. The van der Waals surface area contributed by atoms with Gasteiger partial charge in [-0.3, -0.25) is 0 Å². The van der Waals surface area contributed by atoms with Gasteiger partial charge in [-0.1, -0.05) is 33.3 Å². The molecule has 2 heteroatoms. The molecule has 17 heavy (non-hydrogen) atoms. The van der Waals surface area contributed by atoms with Crippen molar-refractivity contribution >= 4 is 11.3 Å². The molecule has 1 aromatic heterocycles. The summed E-state index contributed by atoms with van der Waals surface area (Å²) in [4.78, 5) is 1.53. The maximum Gasteiger partial charge on any atom is 0.00730 e. The first kappa shape index (κ1) is 14.7. The second-order valence-corrected chi connectivity index (χ2v) is 6.05. The number of hydrogen-bond donors (Lipinski definition) is 1. The van der Waals surface area contributed by atoms with E-state index < -0.39 is 0 Å². The highest BCUT2D eigenvalue weighted by Crippen LogP contribution is 2.17. The zero-order valence-corrected chi connectivity index (χ0v) is 12.4. The Hall–Kier alpha value is -0.340. The minimum Gasteiger partial charge on any atom is -0.314 e. The van der Waals surface area contributed by atoms with Gasteiger partial charge in [0.15, 0.2) is 0 Å². The van der Waals surface area contributed by atoms with Gasteiger partial charge in [0.1, 0.15) is 0 Å². The van der Waals surface area contributed by atoms with E-state index in [9.17, 15) is 0 Å². The van der Waals surface area contributed by atoms with E-state index in [0.29, 0.717) is 6.04 Å². The van der Waals surface area contributed by atoms with Gasteiger partial charge in [-0.25, -0.2) is 0 Å². The van der Waals surface area contributed by atoms with Crippen LogP contribution in [0.1, 0.15) is 51.3 Å². The summed E-state index contributed by atoms with van der Waals surface area (Å²) in [6.07, 6.45) is 6.36. The van der Waals surface area contributed by atoms with Crippen molar-refractivity contribution in [3.8, 4) is 0 Å². The molecule has 0 saturated heterocycles. The van der Waals surface area contributed by atoms with Crippen molar-refractivity contribution in [2.24, 2.45) is 5.92 Å². The molecule has 0 radical (unpaired) electrons. The van der Waals surface area contributed by atoms with E-state index in [-0.39, 0.29) is 0 Å². The molecular weight excluding hydrogens is 226 g/mol. The molecule has 1 heterocycles. The second kappa shape index (κ2) is 8.71. The first-order chi connectivity index (χ1) is 8.26. The van der Waals surface area contributed by atoms with Crippen molar-refractivity contribution in [1.82, 2.24) is 5.32 Å². The maximum atomic E-state index is 3.70. The Morgan fingerprint density at radius 3 is 2.76 bits per heavy atom. The number of nitrogens with one attached hydrogen (secondary N) is 1. The van der Waals surface area contributed by atoms with Crippen LogP contribution in [0.4, 0.5) is 0 Å². The summed E-state index contributed by atoms with van der Waals surface area (Å²) in [5, 5.41) is 5.88. The first-order valence-electron chi connectivity index (χ1n) is 7.02. The summed E-state index contributed by atoms with van der Waals surface area (Å²) in [5.41, 5.74) is 0. The number of hydrogen-bond acceptors (Lipinski definition) is 2. The van der Waals surface area contributed by atoms with Crippen LogP contribution in [0.3, 0.4) is 0 Å². The quantitative estimate of drug-likeness (QED) is 0.684. The molecule has 0 aliphatic rings. The van der Waals surface area contributed by atoms with Crippen LogP contribution in [0.15, 0.2) is 17.5 Å². The SMILES string of the molecule is CCCNC(CCc1cccs1)CC(C)CC. The van der Waals surface area contributed by atoms with Crippen molar-refractivity contribution in [3.05, 3.63) is 22.4 Å². The Kier molecular flexibility index (Phi) is 7.54. The molecule has 1 N–H and O–H groups in total. The van der Waals surface area contributed by atoms with Gasteiger partial charge in [-0.05, 0) is 49.6 Å². The van der Waals surface area contributed by atoms with Crippen LogP contribution in [0.5, 0.6) is 0 Å². The lowest BCUT2D eigenvalue weighted by atomic mass is 9.96. The lowest BCUT2D eigenvalue weighted by molar-refractivity contribution is 0.377. The van der Waals surface area contributed by atoms with Gasteiger partial charge >= 0.3 is 0 Å². The summed E-state index contributed by atoms with van der Waals surface area (Å²) in [6, 6.07) is 5.11. The molecule has 0 bridgehead atoms. The molecule has 0 amide bonds. The van der Waals surface area contributed by atoms with Crippen molar-refractivity contribution in [1.29, 1.82) is 0 Å². The Bertz CT molecular complexity index is 268. The lowest BCUT2D eigenvalue weighted by Crippen LogP contribution is -2.31. The van der Waals surface area contributed by atoms with Gasteiger partial charge in [0.2, 0.25) is 0 Å². The van der Waals surface area contributed by atoms with Crippen molar-refractivity contribution in [2.75, 3.05) is 6.54 Å². The molecule has 0 spiro atoms. The molecule has 0 fully saturated rings. The fourth-order valence-electron chi connectivity index (χ4n) is 2.08. The predicted octanol–water partition coefficient (Wildman–Crippen LogP) is 4.49. The number of thiophene rings is 1. The van der Waals surface area contributed by atoms with Crippen LogP contribution in [0.25, 0.3) is 0 Å². The summed E-state index contributed by atoms with van der Waals surface area (Å²) in [5.74, 6) is 0.840. The molecule has 98 valence electrons. The largest absolute Gasteiger partial charge is 0.314 e. The monoisotopic (exact) mass is 253 g/mol. The summed E-state index contributed by atoms with van der Waals surface area (Å²) in [7, 11) is 0. The topological polar surface area (TPSA) is 12.0 Å². The van der Waals surface area contributed by atoms with Crippen LogP contribution in [0.2, 0.25) is 0 Å². The van der Waals surface area contributed by atoms with Crippen molar-refractivity contribution in [3.63, 3.8) is 0 Å². The third-order valence-electron chi connectivity index (χ3n) is 3.39. The van der Waals surface area contributed by atoms with Crippen molar-refractivity contribution in [2.45, 2.75) is 58.9 Å². The molecule has 0 saturated carbocycles. The van der Waals surface area contributed by atoms with Crippen LogP contribution in [-0.4, -0.2) is 12.6 Å². The van der Waals surface area contributed by atoms with Gasteiger partial charge in [0, 0.05) is 10.9 Å². The average molecular weight is 253 g/mol. The lowest BCUT2D eigenvalue weighted by Gasteiger charge is -2.21. The average Bonchev–Trinajstić information content (AvgIpc) is 2.85. The van der Waals surface area contributed by atoms with Gasteiger partial charge in [-0.15, -0.1) is 11.3 Å². The first-order valence-corrected chi connectivity index (χ1v) is 7.90. The molecule has 1 nitrogen and oxygen atoms in total. The van der Waals surface area contributed by atoms with E-state index in [1.165, 1.54) is 37.0 Å². The highest BCUT2D eigenvalue weighted by atomic mass is 32.1. The molecule has 2 unspecified atom stereocenters. The smallest absolute Gasteiger partial charge is 0.00730 e. The minimum absolute atomic E-state index is 0.701. The Balaban J connectivity index is 2.33. The third-order valence-corrected chi connectivity index (χ3v) is 4.32. The zero-order valence-electron chi connectivity index (χ0n) is 11.5. The maximum absolute atomic E-state index is 3.70. The van der Waals surface area contributed by atoms with Crippen molar-refractivity contribution < 1.29 is 0 Å². The van der Waals surface area contributed by atoms with Crippen LogP contribution in [0, 0.1) is 5.92 Å². The molecule has 0 aromatic carbocycles. The minimum atomic E-state index is 0.701. The Morgan fingerprint density at radius 2 is 2.18 bits per heavy atom. The number of rotatable bonds is 9. The third kappa shape index (κ3) is 6.23. The molecule has 1 rings (SSSR count). The van der Waals surface area contributed by atoms with E-state index in [2.05, 4.69) is 43.6 Å². The molecule has 1 aromatic rings. The standard InChI is InChI=1S/C15H27NS/c1-4-10-16-14(12-13(3)5-2)8-9-15-7-6-11-17-15/h6-7,11,13-14,16H,4-5,8-10,12H2,1-3H3. The molecule has 0 aliphatic carbocycles. The van der Waals surface area contributed by atoms with Gasteiger partial charge < -0.3 is 5.32 Å². The Morgan fingerprint density at radius 1 is 1.35 bits per heavy atom. The van der Waals surface area contributed by atoms with E-state index in [0.717, 1.165) is 12.5 Å². The van der Waals surface area contributed by atoms with E-state index in [1.54, 1.807) is 0 Å². The normalized spacial score (nSPS) is 14.8. The van der Waals surface area contributed by atoms with Crippen LogP contribution >= 0.6 is 11.3 Å². The summed E-state index contributed by atoms with van der Waals surface area (Å²) in [6.45, 7) is 8.06. The predicted molar refractivity (Wildman–Crippen MR) is 78.8 cm³/mol. The second-order valence-electron chi connectivity index (χ2n) is 5.02. The van der Waals surface area contributed by atoms with Gasteiger partial charge in [-0.2, -0.15) is 0 Å². The molecule has 2 atom stereocenters. The Labute approximate surface area is 111 Å². The molecular formula is C15H27NS. The summed E-state index contributed by atoms with van der Waals surface area (Å²) >= 11 is 1.89. The highest BCUT2D eigenvalue weighted by molar-refractivity contribution is 7.09. The van der Waals surface area contributed by atoms with E-state index >= 15 is 0 Å². The van der Waals surface area contributed by atoms with Crippen LogP contribution < -0.4 is 5.32 Å². The highest BCUT2D eigenvalue weighted by Gasteiger charge is 2.11. The van der Waals surface area contributed by atoms with Gasteiger partial charge in [0.25, 0.3) is 0 Å². The number of aryl methyl sites for hydroxylation is 1. The van der Waals surface area contributed by atoms with Crippen LogP contribution in [-0.2, 0) is 6.42 Å².